The number of carbonyl (C=O) groups excluding carboxylic acids is 2. The smallest absolute Gasteiger partial charge is 0.322 e. The van der Waals surface area contributed by atoms with E-state index in [-0.39, 0.29) is 36.9 Å². The van der Waals surface area contributed by atoms with Crippen molar-refractivity contribution in [2.75, 3.05) is 25.0 Å². The highest BCUT2D eigenvalue weighted by Gasteiger charge is 2.27. The Labute approximate surface area is 201 Å². The molecule has 0 saturated carbocycles. The first-order valence-corrected chi connectivity index (χ1v) is 11.3. The van der Waals surface area contributed by atoms with Gasteiger partial charge in [-0.25, -0.2) is 22.8 Å². The molecule has 0 saturated heterocycles. The van der Waals surface area contributed by atoms with E-state index in [0.29, 0.717) is 30.6 Å². The third kappa shape index (κ3) is 5.76. The SMILES string of the molecule is CC(C)(O)CNC(=O)N1CC=C(c2ccc(NC(=O)N3Cc4cc(F)cc(F)c4C3)c(F)c2)CC1. The van der Waals surface area contributed by atoms with Crippen molar-refractivity contribution in [1.29, 1.82) is 0 Å². The van der Waals surface area contributed by atoms with Gasteiger partial charge in [0.05, 0.1) is 17.8 Å². The lowest BCUT2D eigenvalue weighted by Gasteiger charge is -2.28. The number of amides is 4. The zero-order chi connectivity index (χ0) is 25.3. The quantitative estimate of drug-likeness (QED) is 0.603. The minimum absolute atomic E-state index is 0.0228. The maximum absolute atomic E-state index is 14.8. The summed E-state index contributed by atoms with van der Waals surface area (Å²) in [5, 5.41) is 14.9. The van der Waals surface area contributed by atoms with Gasteiger partial charge in [0.25, 0.3) is 0 Å². The molecule has 2 aromatic carbocycles. The maximum Gasteiger partial charge on any atom is 0.322 e. The van der Waals surface area contributed by atoms with E-state index in [1.165, 1.54) is 23.1 Å². The number of urea groups is 2. The molecule has 0 aliphatic carbocycles. The van der Waals surface area contributed by atoms with Crippen molar-refractivity contribution in [2.45, 2.75) is 39.0 Å². The van der Waals surface area contributed by atoms with Crippen LogP contribution in [0, 0.1) is 17.5 Å². The molecule has 186 valence electrons. The number of hydrogen-bond donors (Lipinski definition) is 3. The van der Waals surface area contributed by atoms with Gasteiger partial charge in [0.15, 0.2) is 0 Å². The summed E-state index contributed by atoms with van der Waals surface area (Å²) in [7, 11) is 0. The van der Waals surface area contributed by atoms with Crippen molar-refractivity contribution in [2.24, 2.45) is 0 Å². The maximum atomic E-state index is 14.8. The van der Waals surface area contributed by atoms with Gasteiger partial charge in [0.1, 0.15) is 17.5 Å². The van der Waals surface area contributed by atoms with Crippen molar-refractivity contribution in [3.8, 4) is 0 Å². The summed E-state index contributed by atoms with van der Waals surface area (Å²) in [4.78, 5) is 27.7. The number of halogens is 3. The Morgan fingerprint density at radius 1 is 1.03 bits per heavy atom. The molecule has 0 aromatic heterocycles. The van der Waals surface area contributed by atoms with E-state index in [0.717, 1.165) is 11.6 Å². The fourth-order valence-corrected chi connectivity index (χ4v) is 4.10. The minimum Gasteiger partial charge on any atom is -0.389 e. The standard InChI is InChI=1S/C25H27F3N4O3/c1-25(2,35)14-29-23(33)31-7-5-15(6-8-31)16-3-4-22(21(28)10-16)30-24(34)32-12-17-9-18(26)11-20(27)19(17)13-32/h3-5,9-11,35H,6-8,12-14H2,1-2H3,(H,29,33)(H,30,34). The Bertz CT molecular complexity index is 1190. The second kappa shape index (κ2) is 9.61. The van der Waals surface area contributed by atoms with E-state index in [2.05, 4.69) is 10.6 Å². The van der Waals surface area contributed by atoms with E-state index < -0.39 is 29.1 Å². The lowest BCUT2D eigenvalue weighted by Crippen LogP contribution is -2.46. The zero-order valence-electron chi connectivity index (χ0n) is 19.5. The van der Waals surface area contributed by atoms with Crippen molar-refractivity contribution in [3.63, 3.8) is 0 Å². The first-order valence-electron chi connectivity index (χ1n) is 11.3. The Hall–Kier alpha value is -3.53. The third-order valence-electron chi connectivity index (χ3n) is 6.00. The highest BCUT2D eigenvalue weighted by Crippen LogP contribution is 2.29. The van der Waals surface area contributed by atoms with Gasteiger partial charge in [-0.3, -0.25) is 0 Å². The van der Waals surface area contributed by atoms with Crippen LogP contribution in [-0.2, 0) is 13.1 Å². The van der Waals surface area contributed by atoms with Crippen molar-refractivity contribution in [3.05, 3.63) is 70.5 Å². The number of hydrogen-bond acceptors (Lipinski definition) is 3. The summed E-state index contributed by atoms with van der Waals surface area (Å²) in [5.74, 6) is -2.05. The molecule has 10 heteroatoms. The predicted octanol–water partition coefficient (Wildman–Crippen LogP) is 4.22. The molecule has 0 fully saturated rings. The molecule has 3 N–H and O–H groups in total. The largest absolute Gasteiger partial charge is 0.389 e. The van der Waals surface area contributed by atoms with Crippen LogP contribution in [0.3, 0.4) is 0 Å². The molecule has 0 spiro atoms. The molecule has 35 heavy (non-hydrogen) atoms. The van der Waals surface area contributed by atoms with E-state index in [4.69, 9.17) is 0 Å². The number of benzene rings is 2. The van der Waals surface area contributed by atoms with Gasteiger partial charge in [-0.2, -0.15) is 0 Å². The molecule has 2 aromatic rings. The summed E-state index contributed by atoms with van der Waals surface area (Å²) in [6.07, 6.45) is 2.37. The second-order valence-corrected chi connectivity index (χ2v) is 9.40. The first kappa shape index (κ1) is 24.6. The number of carbonyl (C=O) groups is 2. The summed E-state index contributed by atoms with van der Waals surface area (Å²) in [5.41, 5.74) is 1.13. The van der Waals surface area contributed by atoms with Gasteiger partial charge in [0, 0.05) is 37.8 Å². The molecule has 0 atom stereocenters. The summed E-state index contributed by atoms with van der Waals surface area (Å²) < 4.78 is 42.2. The number of aliphatic hydroxyl groups is 1. The van der Waals surface area contributed by atoms with Crippen LogP contribution in [-0.4, -0.2) is 52.2 Å². The Morgan fingerprint density at radius 3 is 2.46 bits per heavy atom. The van der Waals surface area contributed by atoms with Crippen LogP contribution in [0.5, 0.6) is 0 Å². The number of anilines is 1. The molecular weight excluding hydrogens is 461 g/mol. The van der Waals surface area contributed by atoms with Crippen LogP contribution in [0.4, 0.5) is 28.4 Å². The van der Waals surface area contributed by atoms with Crippen molar-refractivity contribution in [1.82, 2.24) is 15.1 Å². The fourth-order valence-electron chi connectivity index (χ4n) is 4.10. The van der Waals surface area contributed by atoms with Crippen molar-refractivity contribution < 1.29 is 27.9 Å². The molecule has 0 unspecified atom stereocenters. The lowest BCUT2D eigenvalue weighted by atomic mass is 9.99. The zero-order valence-corrected chi connectivity index (χ0v) is 19.5. The van der Waals surface area contributed by atoms with E-state index in [9.17, 15) is 27.9 Å². The molecule has 2 aliphatic heterocycles. The second-order valence-electron chi connectivity index (χ2n) is 9.40. The predicted molar refractivity (Wildman–Crippen MR) is 125 cm³/mol. The van der Waals surface area contributed by atoms with Gasteiger partial charge in [-0.1, -0.05) is 12.1 Å². The van der Waals surface area contributed by atoms with Crippen LogP contribution in [0.15, 0.2) is 36.4 Å². The highest BCUT2D eigenvalue weighted by molar-refractivity contribution is 5.90. The number of nitrogens with one attached hydrogen (secondary N) is 2. The monoisotopic (exact) mass is 488 g/mol. The van der Waals surface area contributed by atoms with E-state index in [1.54, 1.807) is 24.8 Å². The minimum atomic E-state index is -1.01. The van der Waals surface area contributed by atoms with Crippen LogP contribution < -0.4 is 10.6 Å². The number of rotatable bonds is 4. The topological polar surface area (TPSA) is 84.9 Å². The highest BCUT2D eigenvalue weighted by atomic mass is 19.1. The van der Waals surface area contributed by atoms with E-state index >= 15 is 0 Å². The molecule has 4 amide bonds. The van der Waals surface area contributed by atoms with Crippen molar-refractivity contribution >= 4 is 23.3 Å². The number of fused-ring (bicyclic) bond motifs is 1. The molecular formula is C25H27F3N4O3. The Morgan fingerprint density at radius 2 is 1.80 bits per heavy atom. The van der Waals surface area contributed by atoms with Crippen LogP contribution >= 0.6 is 0 Å². The summed E-state index contributed by atoms with van der Waals surface area (Å²) >= 11 is 0. The molecule has 0 radical (unpaired) electrons. The molecule has 0 bridgehead atoms. The van der Waals surface area contributed by atoms with Crippen LogP contribution in [0.2, 0.25) is 0 Å². The third-order valence-corrected chi connectivity index (χ3v) is 6.00. The van der Waals surface area contributed by atoms with Crippen LogP contribution in [0.25, 0.3) is 5.57 Å². The van der Waals surface area contributed by atoms with Gasteiger partial charge >= 0.3 is 12.1 Å². The average molecular weight is 489 g/mol. The normalized spacial score (nSPS) is 15.5. The van der Waals surface area contributed by atoms with Gasteiger partial charge < -0.3 is 25.5 Å². The van der Waals surface area contributed by atoms with Gasteiger partial charge in [-0.05, 0) is 55.2 Å². The molecule has 4 rings (SSSR count). The summed E-state index contributed by atoms with van der Waals surface area (Å²) in [6.45, 7) is 4.13. The van der Waals surface area contributed by atoms with Crippen LogP contribution in [0.1, 0.15) is 37.0 Å². The first-order chi connectivity index (χ1) is 16.5. The number of nitrogens with zero attached hydrogens (tertiary/aromatic N) is 2. The average Bonchev–Trinajstić information content (AvgIpc) is 3.23. The van der Waals surface area contributed by atoms with Gasteiger partial charge in [-0.15, -0.1) is 0 Å². The Balaban J connectivity index is 1.36. The fraction of sp³-hybridized carbons (Fsp3) is 0.360. The lowest BCUT2D eigenvalue weighted by molar-refractivity contribution is 0.0798. The van der Waals surface area contributed by atoms with E-state index in [1.807, 2.05) is 6.08 Å². The Kier molecular flexibility index (Phi) is 6.75. The molecule has 2 heterocycles. The molecule has 2 aliphatic rings. The summed E-state index contributed by atoms with van der Waals surface area (Å²) in [6, 6.07) is 5.53. The molecule has 7 nitrogen and oxygen atoms in total. The van der Waals surface area contributed by atoms with Gasteiger partial charge in [0.2, 0.25) is 0 Å².